The van der Waals surface area contributed by atoms with Crippen molar-refractivity contribution in [3.63, 3.8) is 0 Å². The Hall–Kier alpha value is -0.820. The SMILES string of the molecule is Cc1ccc(C(C)C)c2c1[C@H](N)CC2. The molecule has 1 heteroatoms. The summed E-state index contributed by atoms with van der Waals surface area (Å²) < 4.78 is 0. The molecular weight excluding hydrogens is 170 g/mol. The van der Waals surface area contributed by atoms with Gasteiger partial charge in [-0.3, -0.25) is 0 Å². The molecule has 0 spiro atoms. The molecule has 0 fully saturated rings. The zero-order chi connectivity index (χ0) is 10.3. The van der Waals surface area contributed by atoms with Crippen LogP contribution in [-0.4, -0.2) is 0 Å². The molecule has 1 aliphatic carbocycles. The lowest BCUT2D eigenvalue weighted by molar-refractivity contribution is 0.709. The molecule has 14 heavy (non-hydrogen) atoms. The van der Waals surface area contributed by atoms with E-state index in [2.05, 4.69) is 32.9 Å². The average Bonchev–Trinajstić information content (AvgIpc) is 2.49. The van der Waals surface area contributed by atoms with Crippen molar-refractivity contribution in [3.05, 3.63) is 34.4 Å². The molecular formula is C13H19N. The number of aryl methyl sites for hydroxylation is 1. The summed E-state index contributed by atoms with van der Waals surface area (Å²) >= 11 is 0. The highest BCUT2D eigenvalue weighted by Gasteiger charge is 2.24. The van der Waals surface area contributed by atoms with Gasteiger partial charge < -0.3 is 5.73 Å². The standard InChI is InChI=1S/C13H19N/c1-8(2)10-5-4-9(3)13-11(10)6-7-12(13)14/h4-5,8,12H,6-7,14H2,1-3H3/t12-/m1/s1. The van der Waals surface area contributed by atoms with Gasteiger partial charge in [0, 0.05) is 6.04 Å². The molecule has 76 valence electrons. The van der Waals surface area contributed by atoms with E-state index >= 15 is 0 Å². The zero-order valence-electron chi connectivity index (χ0n) is 9.30. The Morgan fingerprint density at radius 2 is 2.07 bits per heavy atom. The molecule has 0 saturated carbocycles. The number of benzene rings is 1. The molecule has 1 atom stereocenters. The normalized spacial score (nSPS) is 20.2. The van der Waals surface area contributed by atoms with E-state index in [-0.39, 0.29) is 6.04 Å². The van der Waals surface area contributed by atoms with Gasteiger partial charge in [0.05, 0.1) is 0 Å². The molecule has 0 aromatic heterocycles. The first-order valence-corrected chi connectivity index (χ1v) is 5.49. The maximum Gasteiger partial charge on any atom is 0.0303 e. The molecule has 2 rings (SSSR count). The molecule has 0 radical (unpaired) electrons. The molecule has 2 N–H and O–H groups in total. The fourth-order valence-corrected chi connectivity index (χ4v) is 2.58. The summed E-state index contributed by atoms with van der Waals surface area (Å²) in [6.07, 6.45) is 2.30. The van der Waals surface area contributed by atoms with E-state index in [4.69, 9.17) is 5.73 Å². The molecule has 1 aromatic rings. The van der Waals surface area contributed by atoms with Gasteiger partial charge in [0.15, 0.2) is 0 Å². The number of rotatable bonds is 1. The van der Waals surface area contributed by atoms with Crippen LogP contribution in [0, 0.1) is 6.92 Å². The van der Waals surface area contributed by atoms with E-state index in [0.717, 1.165) is 6.42 Å². The van der Waals surface area contributed by atoms with Crippen LogP contribution >= 0.6 is 0 Å². The Bertz CT molecular complexity index is 352. The molecule has 1 nitrogen and oxygen atoms in total. The van der Waals surface area contributed by atoms with Gasteiger partial charge in [0.1, 0.15) is 0 Å². The fraction of sp³-hybridized carbons (Fsp3) is 0.538. The van der Waals surface area contributed by atoms with Gasteiger partial charge in [-0.25, -0.2) is 0 Å². The molecule has 0 bridgehead atoms. The Morgan fingerprint density at radius 1 is 1.36 bits per heavy atom. The third-order valence-electron chi connectivity index (χ3n) is 3.31. The van der Waals surface area contributed by atoms with Crippen LogP contribution in [0.5, 0.6) is 0 Å². The first-order chi connectivity index (χ1) is 6.61. The smallest absolute Gasteiger partial charge is 0.0303 e. The molecule has 1 aromatic carbocycles. The molecule has 0 amide bonds. The molecule has 0 saturated heterocycles. The maximum atomic E-state index is 6.12. The number of fused-ring (bicyclic) bond motifs is 1. The Morgan fingerprint density at radius 3 is 2.71 bits per heavy atom. The van der Waals surface area contributed by atoms with Crippen LogP contribution in [0.25, 0.3) is 0 Å². The van der Waals surface area contributed by atoms with Crippen LogP contribution in [0.2, 0.25) is 0 Å². The summed E-state index contributed by atoms with van der Waals surface area (Å²) in [5, 5.41) is 0. The van der Waals surface area contributed by atoms with Crippen molar-refractivity contribution in [2.45, 2.75) is 45.6 Å². The second-order valence-electron chi connectivity index (χ2n) is 4.66. The summed E-state index contributed by atoms with van der Waals surface area (Å²) in [6.45, 7) is 6.69. The molecule has 1 aliphatic rings. The molecule has 0 heterocycles. The van der Waals surface area contributed by atoms with Gasteiger partial charge in [0.2, 0.25) is 0 Å². The first-order valence-electron chi connectivity index (χ1n) is 5.49. The number of hydrogen-bond donors (Lipinski definition) is 1. The summed E-state index contributed by atoms with van der Waals surface area (Å²) in [7, 11) is 0. The minimum atomic E-state index is 0.281. The van der Waals surface area contributed by atoms with E-state index in [0.29, 0.717) is 5.92 Å². The Balaban J connectivity index is 2.59. The second kappa shape index (κ2) is 3.39. The number of hydrogen-bond acceptors (Lipinski definition) is 1. The Kier molecular flexibility index (Phi) is 2.36. The van der Waals surface area contributed by atoms with Crippen molar-refractivity contribution in [3.8, 4) is 0 Å². The van der Waals surface area contributed by atoms with Crippen molar-refractivity contribution in [1.82, 2.24) is 0 Å². The van der Waals surface area contributed by atoms with Gasteiger partial charge in [-0.1, -0.05) is 26.0 Å². The van der Waals surface area contributed by atoms with Gasteiger partial charge >= 0.3 is 0 Å². The molecule has 0 aliphatic heterocycles. The maximum absolute atomic E-state index is 6.12. The zero-order valence-corrected chi connectivity index (χ0v) is 9.30. The Labute approximate surface area is 86.3 Å². The fourth-order valence-electron chi connectivity index (χ4n) is 2.58. The van der Waals surface area contributed by atoms with Crippen LogP contribution in [-0.2, 0) is 6.42 Å². The van der Waals surface area contributed by atoms with Crippen molar-refractivity contribution >= 4 is 0 Å². The monoisotopic (exact) mass is 189 g/mol. The molecule has 0 unspecified atom stereocenters. The summed E-state index contributed by atoms with van der Waals surface area (Å²) in [6, 6.07) is 4.78. The quantitative estimate of drug-likeness (QED) is 0.722. The summed E-state index contributed by atoms with van der Waals surface area (Å²) in [5.74, 6) is 0.620. The van der Waals surface area contributed by atoms with Crippen LogP contribution in [0.1, 0.15) is 54.5 Å². The highest BCUT2D eigenvalue weighted by atomic mass is 14.6. The van der Waals surface area contributed by atoms with Crippen molar-refractivity contribution in [2.24, 2.45) is 5.73 Å². The van der Waals surface area contributed by atoms with Gasteiger partial charge in [-0.2, -0.15) is 0 Å². The average molecular weight is 189 g/mol. The summed E-state index contributed by atoms with van der Waals surface area (Å²) in [5.41, 5.74) is 11.9. The van der Waals surface area contributed by atoms with E-state index in [9.17, 15) is 0 Å². The topological polar surface area (TPSA) is 26.0 Å². The van der Waals surface area contributed by atoms with Gasteiger partial charge in [-0.05, 0) is 47.9 Å². The van der Waals surface area contributed by atoms with Crippen molar-refractivity contribution in [1.29, 1.82) is 0 Å². The second-order valence-corrected chi connectivity index (χ2v) is 4.66. The van der Waals surface area contributed by atoms with Crippen molar-refractivity contribution < 1.29 is 0 Å². The van der Waals surface area contributed by atoms with Crippen LogP contribution in [0.15, 0.2) is 12.1 Å². The lowest BCUT2D eigenvalue weighted by atomic mass is 9.91. The highest BCUT2D eigenvalue weighted by Crippen LogP contribution is 2.36. The lowest BCUT2D eigenvalue weighted by Gasteiger charge is -2.15. The predicted molar refractivity (Wildman–Crippen MR) is 60.5 cm³/mol. The van der Waals surface area contributed by atoms with Crippen molar-refractivity contribution in [2.75, 3.05) is 0 Å². The third kappa shape index (κ3) is 1.36. The van der Waals surface area contributed by atoms with Crippen LogP contribution < -0.4 is 5.73 Å². The summed E-state index contributed by atoms with van der Waals surface area (Å²) in [4.78, 5) is 0. The minimum Gasteiger partial charge on any atom is -0.324 e. The predicted octanol–water partition coefficient (Wildman–Crippen LogP) is 3.06. The largest absolute Gasteiger partial charge is 0.324 e. The first kappa shape index (κ1) is 9.72. The van der Waals surface area contributed by atoms with Gasteiger partial charge in [-0.15, -0.1) is 0 Å². The lowest BCUT2D eigenvalue weighted by Crippen LogP contribution is -2.07. The highest BCUT2D eigenvalue weighted by molar-refractivity contribution is 5.46. The van der Waals surface area contributed by atoms with E-state index in [1.54, 1.807) is 0 Å². The van der Waals surface area contributed by atoms with Crippen LogP contribution in [0.4, 0.5) is 0 Å². The minimum absolute atomic E-state index is 0.281. The van der Waals surface area contributed by atoms with Gasteiger partial charge in [0.25, 0.3) is 0 Å². The van der Waals surface area contributed by atoms with E-state index in [1.807, 2.05) is 0 Å². The van der Waals surface area contributed by atoms with E-state index in [1.165, 1.54) is 28.7 Å². The number of nitrogens with two attached hydrogens (primary N) is 1. The van der Waals surface area contributed by atoms with E-state index < -0.39 is 0 Å². The third-order valence-corrected chi connectivity index (χ3v) is 3.31. The van der Waals surface area contributed by atoms with Crippen LogP contribution in [0.3, 0.4) is 0 Å².